The predicted octanol–water partition coefficient (Wildman–Crippen LogP) is 2.12. The van der Waals surface area contributed by atoms with Gasteiger partial charge in [-0.15, -0.1) is 10.2 Å². The summed E-state index contributed by atoms with van der Waals surface area (Å²) in [5, 5.41) is 7.98. The molecule has 0 spiro atoms. The highest BCUT2D eigenvalue weighted by molar-refractivity contribution is 5.71. The van der Waals surface area contributed by atoms with E-state index >= 15 is 0 Å². The Morgan fingerprint density at radius 1 is 1.10 bits per heavy atom. The molecule has 0 unspecified atom stereocenters. The zero-order valence-corrected chi connectivity index (χ0v) is 11.5. The molecule has 0 fully saturated rings. The van der Waals surface area contributed by atoms with E-state index in [-0.39, 0.29) is 0 Å². The van der Waals surface area contributed by atoms with Gasteiger partial charge in [-0.25, -0.2) is 4.98 Å². The Kier molecular flexibility index (Phi) is 2.98. The monoisotopic (exact) mass is 270 g/mol. The summed E-state index contributed by atoms with van der Waals surface area (Å²) in [5.74, 6) is 2.89. The normalized spacial score (nSPS) is 10.8. The first-order valence-electron chi connectivity index (χ1n) is 6.12. The van der Waals surface area contributed by atoms with Crippen LogP contribution in [0.1, 0.15) is 5.82 Å². The number of hydrogen-bond acceptors (Lipinski definition) is 5. The first kappa shape index (κ1) is 12.4. The van der Waals surface area contributed by atoms with Crippen molar-refractivity contribution in [3.63, 3.8) is 0 Å². The van der Waals surface area contributed by atoms with Crippen LogP contribution in [-0.4, -0.2) is 33.8 Å². The number of fused-ring (bicyclic) bond motifs is 1. The average molecular weight is 270 g/mol. The van der Waals surface area contributed by atoms with Gasteiger partial charge in [0.1, 0.15) is 17.3 Å². The van der Waals surface area contributed by atoms with Gasteiger partial charge < -0.3 is 9.47 Å². The molecular weight excluding hydrogens is 256 g/mol. The highest BCUT2D eigenvalue weighted by Crippen LogP contribution is 2.33. The molecule has 2 heterocycles. The van der Waals surface area contributed by atoms with E-state index in [1.54, 1.807) is 20.4 Å². The van der Waals surface area contributed by atoms with Crippen molar-refractivity contribution in [2.45, 2.75) is 6.92 Å². The molecule has 6 nitrogen and oxygen atoms in total. The van der Waals surface area contributed by atoms with Gasteiger partial charge in [-0.2, -0.15) is 0 Å². The Labute approximate surface area is 116 Å². The van der Waals surface area contributed by atoms with Gasteiger partial charge >= 0.3 is 0 Å². The number of methoxy groups -OCH3 is 2. The molecule has 0 bridgehead atoms. The third-order valence-corrected chi connectivity index (χ3v) is 3.15. The van der Waals surface area contributed by atoms with Crippen LogP contribution in [0.4, 0.5) is 0 Å². The van der Waals surface area contributed by atoms with Crippen molar-refractivity contribution in [3.05, 3.63) is 36.4 Å². The average Bonchev–Trinajstić information content (AvgIpc) is 2.87. The molecule has 3 rings (SSSR count). The predicted molar refractivity (Wildman–Crippen MR) is 74.1 cm³/mol. The molecule has 0 saturated carbocycles. The van der Waals surface area contributed by atoms with Gasteiger partial charge in [0.15, 0.2) is 0 Å². The van der Waals surface area contributed by atoms with Crippen molar-refractivity contribution in [1.29, 1.82) is 0 Å². The summed E-state index contributed by atoms with van der Waals surface area (Å²) in [6.07, 6.45) is 3.69. The number of rotatable bonds is 3. The van der Waals surface area contributed by atoms with Gasteiger partial charge in [-0.3, -0.25) is 4.40 Å². The Bertz CT molecular complexity index is 767. The van der Waals surface area contributed by atoms with Crippen molar-refractivity contribution in [1.82, 2.24) is 19.6 Å². The van der Waals surface area contributed by atoms with Gasteiger partial charge in [0, 0.05) is 23.5 Å². The molecule has 0 aliphatic carbocycles. The van der Waals surface area contributed by atoms with E-state index in [2.05, 4.69) is 15.2 Å². The number of hydrogen-bond donors (Lipinski definition) is 0. The van der Waals surface area contributed by atoms with E-state index in [1.807, 2.05) is 35.7 Å². The smallest absolute Gasteiger partial charge is 0.254 e. The van der Waals surface area contributed by atoms with Crippen LogP contribution in [0.15, 0.2) is 30.6 Å². The molecule has 102 valence electrons. The summed E-state index contributed by atoms with van der Waals surface area (Å²) < 4.78 is 12.5. The molecular formula is C14H14N4O2. The van der Waals surface area contributed by atoms with Crippen LogP contribution >= 0.6 is 0 Å². The minimum atomic E-state index is 0.577. The Hall–Kier alpha value is -2.63. The van der Waals surface area contributed by atoms with E-state index in [4.69, 9.17) is 9.47 Å². The topological polar surface area (TPSA) is 61.5 Å². The lowest BCUT2D eigenvalue weighted by atomic mass is 10.1. The molecule has 0 aliphatic heterocycles. The summed E-state index contributed by atoms with van der Waals surface area (Å²) in [6, 6.07) is 5.65. The van der Waals surface area contributed by atoms with Crippen molar-refractivity contribution >= 4 is 5.78 Å². The molecule has 1 aromatic carbocycles. The summed E-state index contributed by atoms with van der Waals surface area (Å²) in [6.45, 7) is 1.88. The van der Waals surface area contributed by atoms with Gasteiger partial charge in [-0.05, 0) is 25.1 Å². The van der Waals surface area contributed by atoms with E-state index < -0.39 is 0 Å². The highest BCUT2D eigenvalue weighted by atomic mass is 16.5. The largest absolute Gasteiger partial charge is 0.497 e. The maximum atomic E-state index is 5.40. The standard InChI is InChI=1S/C14H14N4O2/c1-9-16-17-14-15-7-10(8-18(9)14)12-6-11(19-2)4-5-13(12)20-3/h4-8H,1-3H3. The second-order valence-electron chi connectivity index (χ2n) is 4.33. The number of ether oxygens (including phenoxy) is 2. The molecule has 20 heavy (non-hydrogen) atoms. The van der Waals surface area contributed by atoms with Crippen molar-refractivity contribution in [2.75, 3.05) is 14.2 Å². The fourth-order valence-electron chi connectivity index (χ4n) is 2.08. The summed E-state index contributed by atoms with van der Waals surface area (Å²) in [4.78, 5) is 4.30. The van der Waals surface area contributed by atoms with E-state index in [9.17, 15) is 0 Å². The van der Waals surface area contributed by atoms with Crippen molar-refractivity contribution in [2.24, 2.45) is 0 Å². The van der Waals surface area contributed by atoms with Crippen molar-refractivity contribution < 1.29 is 9.47 Å². The molecule has 0 aliphatic rings. The maximum Gasteiger partial charge on any atom is 0.254 e. The number of nitrogens with zero attached hydrogens (tertiary/aromatic N) is 4. The molecule has 6 heteroatoms. The first-order valence-corrected chi connectivity index (χ1v) is 6.12. The number of benzene rings is 1. The third-order valence-electron chi connectivity index (χ3n) is 3.15. The van der Waals surface area contributed by atoms with Crippen LogP contribution in [0.25, 0.3) is 16.9 Å². The third kappa shape index (κ3) is 1.95. The van der Waals surface area contributed by atoms with E-state index in [0.717, 1.165) is 28.5 Å². The molecule has 0 N–H and O–H groups in total. The Morgan fingerprint density at radius 3 is 2.70 bits per heavy atom. The highest BCUT2D eigenvalue weighted by Gasteiger charge is 2.10. The molecule has 0 radical (unpaired) electrons. The quantitative estimate of drug-likeness (QED) is 0.729. The van der Waals surface area contributed by atoms with Gasteiger partial charge in [0.25, 0.3) is 5.78 Å². The summed E-state index contributed by atoms with van der Waals surface area (Å²) >= 11 is 0. The van der Waals surface area contributed by atoms with Crippen LogP contribution in [0, 0.1) is 6.92 Å². The van der Waals surface area contributed by atoms with E-state index in [1.165, 1.54) is 0 Å². The second-order valence-corrected chi connectivity index (χ2v) is 4.33. The van der Waals surface area contributed by atoms with Crippen LogP contribution in [0.3, 0.4) is 0 Å². The van der Waals surface area contributed by atoms with Crippen molar-refractivity contribution in [3.8, 4) is 22.6 Å². The van der Waals surface area contributed by atoms with E-state index in [0.29, 0.717) is 5.78 Å². The molecule has 0 saturated heterocycles. The lowest BCUT2D eigenvalue weighted by Crippen LogP contribution is -1.95. The molecule has 0 atom stereocenters. The Balaban J connectivity index is 2.20. The number of aromatic nitrogens is 4. The van der Waals surface area contributed by atoms with Gasteiger partial charge in [0.2, 0.25) is 0 Å². The zero-order valence-electron chi connectivity index (χ0n) is 11.5. The summed E-state index contributed by atoms with van der Waals surface area (Å²) in [7, 11) is 3.28. The lowest BCUT2D eigenvalue weighted by molar-refractivity contribution is 0.404. The fourth-order valence-corrected chi connectivity index (χ4v) is 2.08. The van der Waals surface area contributed by atoms with Crippen LogP contribution < -0.4 is 9.47 Å². The van der Waals surface area contributed by atoms with Crippen LogP contribution in [-0.2, 0) is 0 Å². The molecule has 2 aromatic heterocycles. The SMILES string of the molecule is COc1ccc(OC)c(-c2cnc3nnc(C)n3c2)c1. The fraction of sp³-hybridized carbons (Fsp3) is 0.214. The minimum absolute atomic E-state index is 0.577. The zero-order chi connectivity index (χ0) is 14.1. The second kappa shape index (κ2) is 4.80. The minimum Gasteiger partial charge on any atom is -0.497 e. The Morgan fingerprint density at radius 2 is 1.95 bits per heavy atom. The lowest BCUT2D eigenvalue weighted by Gasteiger charge is -2.10. The van der Waals surface area contributed by atoms with Crippen LogP contribution in [0.5, 0.6) is 11.5 Å². The van der Waals surface area contributed by atoms with Gasteiger partial charge in [0.05, 0.1) is 14.2 Å². The maximum absolute atomic E-state index is 5.40. The number of aryl methyl sites for hydroxylation is 1. The van der Waals surface area contributed by atoms with Gasteiger partial charge in [-0.1, -0.05) is 0 Å². The summed E-state index contributed by atoms with van der Waals surface area (Å²) in [5.41, 5.74) is 1.82. The van der Waals surface area contributed by atoms with Crippen LogP contribution in [0.2, 0.25) is 0 Å². The first-order chi connectivity index (χ1) is 9.72. The molecule has 3 aromatic rings. The molecule has 0 amide bonds.